The zero-order valence-electron chi connectivity index (χ0n) is 19.8. The van der Waals surface area contributed by atoms with Crippen molar-refractivity contribution in [3.8, 4) is 0 Å². The quantitative estimate of drug-likeness (QED) is 0.273. The number of aryl methyl sites for hydroxylation is 1. The molecule has 11 heteroatoms. The number of amides is 1. The molecule has 0 spiro atoms. The summed E-state index contributed by atoms with van der Waals surface area (Å²) in [7, 11) is -2.33. The summed E-state index contributed by atoms with van der Waals surface area (Å²) in [6, 6.07) is 16.3. The van der Waals surface area contributed by atoms with Gasteiger partial charge in [0.1, 0.15) is 4.21 Å². The van der Waals surface area contributed by atoms with Gasteiger partial charge in [-0.25, -0.2) is 8.42 Å². The van der Waals surface area contributed by atoms with E-state index < -0.39 is 27.7 Å². The van der Waals surface area contributed by atoms with E-state index in [4.69, 9.17) is 11.6 Å². The first kappa shape index (κ1) is 27.1. The van der Waals surface area contributed by atoms with Gasteiger partial charge in [-0.15, -0.1) is 11.3 Å². The summed E-state index contributed by atoms with van der Waals surface area (Å²) in [6.07, 6.45) is -4.42. The summed E-state index contributed by atoms with van der Waals surface area (Å²) in [5.41, 5.74) is 1.30. The Kier molecular flexibility index (Phi) is 7.66. The van der Waals surface area contributed by atoms with Gasteiger partial charge < -0.3 is 5.32 Å². The standard InChI is InChI=1S/C26H22ClF3N2O3S2/c1-16-22-13-21(27)10-11-23(22)36-25(16)37(34,35)32(2)15-18-4-3-5-19(12-18)24(33)31-14-17-6-8-20(9-7-17)26(28,29)30/h3-13H,14-15H2,1-2H3,(H,31,33). The van der Waals surface area contributed by atoms with Gasteiger partial charge in [0.2, 0.25) is 0 Å². The predicted octanol–water partition coefficient (Wildman–Crippen LogP) is 6.63. The lowest BCUT2D eigenvalue weighted by Crippen LogP contribution is -2.27. The normalized spacial score (nSPS) is 12.3. The number of hydrogen-bond donors (Lipinski definition) is 1. The fourth-order valence-electron chi connectivity index (χ4n) is 3.81. The lowest BCUT2D eigenvalue weighted by Gasteiger charge is -2.17. The number of carbonyl (C=O) groups excluding carboxylic acids is 1. The molecule has 37 heavy (non-hydrogen) atoms. The molecule has 1 amide bonds. The highest BCUT2D eigenvalue weighted by molar-refractivity contribution is 7.91. The fourth-order valence-corrected chi connectivity index (χ4v) is 7.07. The zero-order valence-corrected chi connectivity index (χ0v) is 22.2. The number of alkyl halides is 3. The topological polar surface area (TPSA) is 66.5 Å². The molecule has 4 aromatic rings. The number of fused-ring (bicyclic) bond motifs is 1. The first-order chi connectivity index (χ1) is 17.4. The van der Waals surface area contributed by atoms with Gasteiger partial charge in [0.15, 0.2) is 0 Å². The highest BCUT2D eigenvalue weighted by Crippen LogP contribution is 2.37. The van der Waals surface area contributed by atoms with Crippen LogP contribution in [0.4, 0.5) is 13.2 Å². The molecule has 0 unspecified atom stereocenters. The van der Waals surface area contributed by atoms with Gasteiger partial charge in [-0.1, -0.05) is 35.9 Å². The van der Waals surface area contributed by atoms with Crippen LogP contribution in [-0.4, -0.2) is 25.7 Å². The molecule has 0 radical (unpaired) electrons. The van der Waals surface area contributed by atoms with E-state index in [9.17, 15) is 26.4 Å². The molecule has 4 rings (SSSR count). The van der Waals surface area contributed by atoms with Crippen LogP contribution in [0.1, 0.15) is 32.6 Å². The molecule has 3 aromatic carbocycles. The number of hydrogen-bond acceptors (Lipinski definition) is 4. The van der Waals surface area contributed by atoms with Gasteiger partial charge in [0.25, 0.3) is 15.9 Å². The molecule has 0 bridgehead atoms. The average Bonchev–Trinajstić information content (AvgIpc) is 3.18. The minimum atomic E-state index is -4.42. The van der Waals surface area contributed by atoms with E-state index in [-0.39, 0.29) is 17.3 Å². The maximum Gasteiger partial charge on any atom is 0.416 e. The zero-order chi connectivity index (χ0) is 27.0. The Bertz CT molecular complexity index is 1570. The number of rotatable bonds is 7. The van der Waals surface area contributed by atoms with Crippen molar-refractivity contribution in [2.45, 2.75) is 30.4 Å². The Balaban J connectivity index is 1.45. The van der Waals surface area contributed by atoms with E-state index in [1.165, 1.54) is 34.8 Å². The van der Waals surface area contributed by atoms with Crippen LogP contribution in [0.2, 0.25) is 5.02 Å². The smallest absolute Gasteiger partial charge is 0.348 e. The summed E-state index contributed by atoms with van der Waals surface area (Å²) in [5.74, 6) is -0.426. The lowest BCUT2D eigenvalue weighted by atomic mass is 10.1. The second-order valence-electron chi connectivity index (χ2n) is 8.49. The van der Waals surface area contributed by atoms with Crippen LogP contribution in [0.5, 0.6) is 0 Å². The average molecular weight is 567 g/mol. The summed E-state index contributed by atoms with van der Waals surface area (Å²) in [5, 5.41) is 3.99. The van der Waals surface area contributed by atoms with Crippen molar-refractivity contribution in [2.75, 3.05) is 7.05 Å². The number of nitrogens with one attached hydrogen (secondary N) is 1. The summed E-state index contributed by atoms with van der Waals surface area (Å²) >= 11 is 7.25. The van der Waals surface area contributed by atoms with Crippen molar-refractivity contribution in [1.29, 1.82) is 0 Å². The fraction of sp³-hybridized carbons (Fsp3) is 0.192. The van der Waals surface area contributed by atoms with Crippen LogP contribution in [-0.2, 0) is 29.3 Å². The number of halogens is 4. The van der Waals surface area contributed by atoms with E-state index in [1.807, 2.05) is 0 Å². The third-order valence-corrected chi connectivity index (χ3v) is 9.74. The molecule has 5 nitrogen and oxygen atoms in total. The van der Waals surface area contributed by atoms with Crippen molar-refractivity contribution >= 4 is 49.0 Å². The van der Waals surface area contributed by atoms with Crippen molar-refractivity contribution in [3.63, 3.8) is 0 Å². The van der Waals surface area contributed by atoms with Gasteiger partial charge in [-0.05, 0) is 71.5 Å². The van der Waals surface area contributed by atoms with Crippen LogP contribution in [0.3, 0.4) is 0 Å². The first-order valence-corrected chi connectivity index (χ1v) is 13.7. The third-order valence-electron chi connectivity index (χ3n) is 5.83. The number of sulfonamides is 1. The first-order valence-electron chi connectivity index (χ1n) is 11.0. The van der Waals surface area contributed by atoms with Crippen LogP contribution in [0, 0.1) is 6.92 Å². The van der Waals surface area contributed by atoms with Crippen LogP contribution >= 0.6 is 22.9 Å². The summed E-state index contributed by atoms with van der Waals surface area (Å²) in [6.45, 7) is 1.83. The van der Waals surface area contributed by atoms with Gasteiger partial charge in [0, 0.05) is 35.4 Å². The molecular weight excluding hydrogens is 545 g/mol. The minimum absolute atomic E-state index is 0.0385. The highest BCUT2D eigenvalue weighted by atomic mass is 35.5. The molecule has 1 aromatic heterocycles. The van der Waals surface area contributed by atoms with Crippen LogP contribution < -0.4 is 5.32 Å². The molecule has 0 aliphatic carbocycles. The number of carbonyl (C=O) groups is 1. The Morgan fingerprint density at radius 2 is 1.73 bits per heavy atom. The van der Waals surface area contributed by atoms with Crippen molar-refractivity contribution < 1.29 is 26.4 Å². The van der Waals surface area contributed by atoms with Crippen LogP contribution in [0.25, 0.3) is 10.1 Å². The molecule has 0 saturated carbocycles. The number of nitrogens with zero attached hydrogens (tertiary/aromatic N) is 1. The Morgan fingerprint density at radius 1 is 1.03 bits per heavy atom. The number of benzene rings is 3. The Labute approximate surface area is 221 Å². The van der Waals surface area contributed by atoms with E-state index in [2.05, 4.69) is 5.32 Å². The van der Waals surface area contributed by atoms with Gasteiger partial charge in [0.05, 0.1) is 5.56 Å². The van der Waals surface area contributed by atoms with E-state index in [1.54, 1.807) is 49.4 Å². The molecule has 1 heterocycles. The maximum atomic E-state index is 13.3. The van der Waals surface area contributed by atoms with E-state index in [0.717, 1.165) is 22.2 Å². The Morgan fingerprint density at radius 3 is 2.41 bits per heavy atom. The molecule has 0 aliphatic heterocycles. The molecular formula is C26H22ClF3N2O3S2. The van der Waals surface area contributed by atoms with E-state index >= 15 is 0 Å². The molecule has 0 aliphatic rings. The highest BCUT2D eigenvalue weighted by Gasteiger charge is 2.30. The van der Waals surface area contributed by atoms with Crippen molar-refractivity contribution in [1.82, 2.24) is 9.62 Å². The lowest BCUT2D eigenvalue weighted by molar-refractivity contribution is -0.137. The largest absolute Gasteiger partial charge is 0.416 e. The van der Waals surface area contributed by atoms with E-state index in [0.29, 0.717) is 27.3 Å². The third kappa shape index (κ3) is 5.98. The minimum Gasteiger partial charge on any atom is -0.348 e. The van der Waals surface area contributed by atoms with Gasteiger partial charge in [-0.2, -0.15) is 17.5 Å². The molecule has 0 fully saturated rings. The maximum absolute atomic E-state index is 13.3. The van der Waals surface area contributed by atoms with Crippen LogP contribution in [0.15, 0.2) is 70.9 Å². The predicted molar refractivity (Wildman–Crippen MR) is 139 cm³/mol. The van der Waals surface area contributed by atoms with Gasteiger partial charge in [-0.3, -0.25) is 4.79 Å². The second-order valence-corrected chi connectivity index (χ2v) is 12.2. The molecule has 0 atom stereocenters. The van der Waals surface area contributed by atoms with Gasteiger partial charge >= 0.3 is 6.18 Å². The van der Waals surface area contributed by atoms with Crippen molar-refractivity contribution in [3.05, 3.63) is 99.6 Å². The molecule has 194 valence electrons. The summed E-state index contributed by atoms with van der Waals surface area (Å²) < 4.78 is 67.1. The monoisotopic (exact) mass is 566 g/mol. The second kappa shape index (κ2) is 10.4. The SMILES string of the molecule is Cc1c(S(=O)(=O)N(C)Cc2cccc(C(=O)NCc3ccc(C(F)(F)F)cc3)c2)sc2ccc(Cl)cc12. The molecule has 1 N–H and O–H groups in total. The van der Waals surface area contributed by atoms with Crippen molar-refractivity contribution in [2.24, 2.45) is 0 Å². The number of thiophene rings is 1. The summed E-state index contributed by atoms with van der Waals surface area (Å²) in [4.78, 5) is 12.6. The molecule has 0 saturated heterocycles. The Hall–Kier alpha value is -2.92.